The van der Waals surface area contributed by atoms with Gasteiger partial charge in [-0.3, -0.25) is 9.59 Å². The van der Waals surface area contributed by atoms with E-state index in [1.165, 1.54) is 14.2 Å². The van der Waals surface area contributed by atoms with Crippen molar-refractivity contribution in [3.63, 3.8) is 0 Å². The zero-order chi connectivity index (χ0) is 18.5. The zero-order valence-electron chi connectivity index (χ0n) is 15.9. The molecular weight excluding hydrogens is 308 g/mol. The first-order valence-electron chi connectivity index (χ1n) is 8.59. The fraction of sp³-hybridized carbons (Fsp3) is 0.778. The van der Waals surface area contributed by atoms with Gasteiger partial charge in [-0.15, -0.1) is 0 Å². The first-order chi connectivity index (χ1) is 11.3. The lowest BCUT2D eigenvalue weighted by atomic mass is 10.0. The second kappa shape index (κ2) is 13.0. The fourth-order valence-electron chi connectivity index (χ4n) is 2.34. The van der Waals surface area contributed by atoms with E-state index in [4.69, 9.17) is 9.47 Å². The summed E-state index contributed by atoms with van der Waals surface area (Å²) in [6.45, 7) is 9.42. The maximum atomic E-state index is 11.7. The molecular formula is C18H34N2O4. The summed E-state index contributed by atoms with van der Waals surface area (Å²) < 4.78 is 9.62. The van der Waals surface area contributed by atoms with Crippen LogP contribution in [-0.2, 0) is 19.1 Å². The third kappa shape index (κ3) is 10.4. The largest absolute Gasteiger partial charge is 0.468 e. The fourth-order valence-corrected chi connectivity index (χ4v) is 2.34. The molecule has 0 aliphatic rings. The van der Waals surface area contributed by atoms with Gasteiger partial charge < -0.3 is 20.1 Å². The molecule has 24 heavy (non-hydrogen) atoms. The van der Waals surface area contributed by atoms with Gasteiger partial charge in [0.15, 0.2) is 0 Å². The summed E-state index contributed by atoms with van der Waals surface area (Å²) in [4.78, 5) is 23.4. The Hall–Kier alpha value is -1.40. The molecule has 0 aliphatic carbocycles. The van der Waals surface area contributed by atoms with Crippen molar-refractivity contribution in [2.75, 3.05) is 27.3 Å². The van der Waals surface area contributed by atoms with E-state index in [0.717, 1.165) is 12.8 Å². The predicted octanol–water partition coefficient (Wildman–Crippen LogP) is 1.90. The second-order valence-corrected chi connectivity index (χ2v) is 6.70. The highest BCUT2D eigenvalue weighted by Gasteiger charge is 2.20. The molecule has 6 nitrogen and oxygen atoms in total. The van der Waals surface area contributed by atoms with Crippen molar-refractivity contribution in [2.45, 2.75) is 52.6 Å². The number of carbonyl (C=O) groups excluding carboxylic acids is 2. The summed E-state index contributed by atoms with van der Waals surface area (Å²) >= 11 is 0. The molecule has 0 rings (SSSR count). The Morgan fingerprint density at radius 1 is 0.792 bits per heavy atom. The lowest BCUT2D eigenvalue weighted by molar-refractivity contribution is -0.144. The molecule has 0 saturated carbocycles. The zero-order valence-corrected chi connectivity index (χ0v) is 15.9. The van der Waals surface area contributed by atoms with Gasteiger partial charge in [0.05, 0.1) is 14.2 Å². The molecule has 0 amide bonds. The number of methoxy groups -OCH3 is 2. The minimum absolute atomic E-state index is 0.238. The van der Waals surface area contributed by atoms with Gasteiger partial charge in [0, 0.05) is 13.1 Å². The average Bonchev–Trinajstić information content (AvgIpc) is 2.53. The van der Waals surface area contributed by atoms with Crippen molar-refractivity contribution in [3.05, 3.63) is 12.2 Å². The first kappa shape index (κ1) is 22.6. The van der Waals surface area contributed by atoms with Gasteiger partial charge >= 0.3 is 11.9 Å². The highest BCUT2D eigenvalue weighted by atomic mass is 16.5. The summed E-state index contributed by atoms with van der Waals surface area (Å²) in [7, 11) is 2.80. The Kier molecular flexibility index (Phi) is 12.2. The van der Waals surface area contributed by atoms with Gasteiger partial charge in [-0.25, -0.2) is 0 Å². The minimum Gasteiger partial charge on any atom is -0.468 e. The molecule has 0 bridgehead atoms. The van der Waals surface area contributed by atoms with Gasteiger partial charge in [0.2, 0.25) is 0 Å². The van der Waals surface area contributed by atoms with E-state index < -0.39 is 0 Å². The standard InChI is InChI=1S/C18H34N2O4/c1-13(2)11-15(17(21)23-5)19-9-7-8-10-20-16(12-14(3)4)18(22)24-6/h7-8,13-16,19-20H,9-12H2,1-6H3/b8-7-/t15-,16-/m0/s1. The van der Waals surface area contributed by atoms with Crippen LogP contribution in [0.2, 0.25) is 0 Å². The lowest BCUT2D eigenvalue weighted by Crippen LogP contribution is -2.39. The number of ether oxygens (including phenoxy) is 2. The molecule has 0 spiro atoms. The van der Waals surface area contributed by atoms with Crippen molar-refractivity contribution in [1.29, 1.82) is 0 Å². The van der Waals surface area contributed by atoms with E-state index in [2.05, 4.69) is 38.3 Å². The van der Waals surface area contributed by atoms with Crippen LogP contribution in [0.3, 0.4) is 0 Å². The normalized spacial score (nSPS) is 14.2. The van der Waals surface area contributed by atoms with Crippen molar-refractivity contribution in [2.24, 2.45) is 11.8 Å². The maximum absolute atomic E-state index is 11.7. The predicted molar refractivity (Wildman–Crippen MR) is 95.7 cm³/mol. The van der Waals surface area contributed by atoms with E-state index in [1.54, 1.807) is 0 Å². The lowest BCUT2D eigenvalue weighted by Gasteiger charge is -2.18. The molecule has 140 valence electrons. The van der Waals surface area contributed by atoms with Crippen molar-refractivity contribution < 1.29 is 19.1 Å². The van der Waals surface area contributed by atoms with Crippen LogP contribution in [-0.4, -0.2) is 51.3 Å². The van der Waals surface area contributed by atoms with Crippen LogP contribution in [0.5, 0.6) is 0 Å². The molecule has 0 aromatic heterocycles. The van der Waals surface area contributed by atoms with Crippen LogP contribution in [0.15, 0.2) is 12.2 Å². The molecule has 0 saturated heterocycles. The third-order valence-corrected chi connectivity index (χ3v) is 3.52. The molecule has 2 N–H and O–H groups in total. The molecule has 0 unspecified atom stereocenters. The van der Waals surface area contributed by atoms with Gasteiger partial charge in [-0.05, 0) is 24.7 Å². The van der Waals surface area contributed by atoms with E-state index in [9.17, 15) is 9.59 Å². The van der Waals surface area contributed by atoms with Crippen LogP contribution in [0, 0.1) is 11.8 Å². The smallest absolute Gasteiger partial charge is 0.322 e. The topological polar surface area (TPSA) is 76.7 Å². The Morgan fingerprint density at radius 2 is 1.12 bits per heavy atom. The molecule has 0 aromatic rings. The van der Waals surface area contributed by atoms with Crippen molar-refractivity contribution in [1.82, 2.24) is 10.6 Å². The summed E-state index contributed by atoms with van der Waals surface area (Å²) in [5, 5.41) is 6.35. The number of hydrogen-bond donors (Lipinski definition) is 2. The van der Waals surface area contributed by atoms with Gasteiger partial charge in [-0.2, -0.15) is 0 Å². The highest BCUT2D eigenvalue weighted by molar-refractivity contribution is 5.76. The van der Waals surface area contributed by atoms with Crippen LogP contribution < -0.4 is 10.6 Å². The third-order valence-electron chi connectivity index (χ3n) is 3.52. The summed E-state index contributed by atoms with van der Waals surface area (Å²) in [6.07, 6.45) is 5.34. The van der Waals surface area contributed by atoms with Crippen molar-refractivity contribution >= 4 is 11.9 Å². The minimum atomic E-state index is -0.295. The summed E-state index contributed by atoms with van der Waals surface area (Å²) in [6, 6.07) is -0.590. The van der Waals surface area contributed by atoms with Gasteiger partial charge in [0.25, 0.3) is 0 Å². The second-order valence-electron chi connectivity index (χ2n) is 6.70. The molecule has 6 heteroatoms. The van der Waals surface area contributed by atoms with Gasteiger partial charge in [-0.1, -0.05) is 39.8 Å². The number of nitrogens with one attached hydrogen (secondary N) is 2. The molecule has 2 atom stereocenters. The molecule has 0 aromatic carbocycles. The summed E-state index contributed by atoms with van der Waals surface area (Å²) in [5.41, 5.74) is 0. The molecule has 0 heterocycles. The summed E-state index contributed by atoms with van der Waals surface area (Å²) in [5.74, 6) is 0.337. The average molecular weight is 342 g/mol. The monoisotopic (exact) mass is 342 g/mol. The number of rotatable bonds is 12. The molecule has 0 fully saturated rings. The Morgan fingerprint density at radius 3 is 1.38 bits per heavy atom. The Balaban J connectivity index is 4.25. The first-order valence-corrected chi connectivity index (χ1v) is 8.59. The van der Waals surface area contributed by atoms with Crippen LogP contribution in [0.4, 0.5) is 0 Å². The van der Waals surface area contributed by atoms with E-state index in [0.29, 0.717) is 24.9 Å². The van der Waals surface area contributed by atoms with Gasteiger partial charge in [0.1, 0.15) is 12.1 Å². The van der Waals surface area contributed by atoms with E-state index in [1.807, 2.05) is 12.2 Å². The SMILES string of the molecule is COC(=O)[C@H](CC(C)C)NC/C=C\CN[C@@H](CC(C)C)C(=O)OC. The van der Waals surface area contributed by atoms with Crippen LogP contribution in [0.25, 0.3) is 0 Å². The molecule has 0 radical (unpaired) electrons. The molecule has 0 aliphatic heterocycles. The Bertz CT molecular complexity index is 358. The van der Waals surface area contributed by atoms with Crippen LogP contribution >= 0.6 is 0 Å². The number of hydrogen-bond acceptors (Lipinski definition) is 6. The van der Waals surface area contributed by atoms with Crippen molar-refractivity contribution in [3.8, 4) is 0 Å². The number of carbonyl (C=O) groups is 2. The quantitative estimate of drug-likeness (QED) is 0.417. The number of esters is 2. The van der Waals surface area contributed by atoms with Crippen LogP contribution in [0.1, 0.15) is 40.5 Å². The maximum Gasteiger partial charge on any atom is 0.322 e. The highest BCUT2D eigenvalue weighted by Crippen LogP contribution is 2.07. The Labute approximate surface area is 146 Å². The van der Waals surface area contributed by atoms with E-state index in [-0.39, 0.29) is 24.0 Å². The van der Waals surface area contributed by atoms with E-state index >= 15 is 0 Å².